The van der Waals surface area contributed by atoms with E-state index >= 15 is 0 Å². The molecule has 0 spiro atoms. The summed E-state index contributed by atoms with van der Waals surface area (Å²) in [4.78, 5) is 4.50. The van der Waals surface area contributed by atoms with E-state index in [0.717, 1.165) is 21.9 Å². The normalized spacial score (nSPS) is 11.0. The van der Waals surface area contributed by atoms with Crippen LogP contribution in [-0.4, -0.2) is 4.98 Å². The van der Waals surface area contributed by atoms with Gasteiger partial charge in [-0.3, -0.25) is 0 Å². The van der Waals surface area contributed by atoms with Gasteiger partial charge < -0.3 is 9.73 Å². The molecule has 21 heavy (non-hydrogen) atoms. The molecule has 4 rings (SSSR count). The Labute approximate surface area is 122 Å². The first-order valence-electron chi connectivity index (χ1n) is 6.96. The van der Waals surface area contributed by atoms with Crippen LogP contribution in [0.5, 0.6) is 0 Å². The second-order valence-electron chi connectivity index (χ2n) is 4.99. The van der Waals surface area contributed by atoms with Gasteiger partial charge >= 0.3 is 0 Å². The van der Waals surface area contributed by atoms with Gasteiger partial charge in [0.05, 0.1) is 0 Å². The fourth-order valence-electron chi connectivity index (χ4n) is 2.50. The van der Waals surface area contributed by atoms with E-state index in [0.29, 0.717) is 12.6 Å². The smallest absolute Gasteiger partial charge is 0.295 e. The summed E-state index contributed by atoms with van der Waals surface area (Å²) in [5.74, 6) is 0. The lowest BCUT2D eigenvalue weighted by Crippen LogP contribution is -1.98. The third kappa shape index (κ3) is 2.23. The SMILES string of the molecule is c1ccc(CNc2nc3ccc4ccccc4c3o2)cc1. The highest BCUT2D eigenvalue weighted by atomic mass is 16.4. The lowest BCUT2D eigenvalue weighted by Gasteiger charge is -2.00. The highest BCUT2D eigenvalue weighted by molar-refractivity contribution is 6.03. The summed E-state index contributed by atoms with van der Waals surface area (Å²) < 4.78 is 5.88. The largest absolute Gasteiger partial charge is 0.423 e. The van der Waals surface area contributed by atoms with E-state index in [1.807, 2.05) is 36.4 Å². The number of fused-ring (bicyclic) bond motifs is 3. The minimum Gasteiger partial charge on any atom is -0.423 e. The summed E-state index contributed by atoms with van der Waals surface area (Å²) >= 11 is 0. The number of hydrogen-bond acceptors (Lipinski definition) is 3. The van der Waals surface area contributed by atoms with Gasteiger partial charge in [0.2, 0.25) is 0 Å². The van der Waals surface area contributed by atoms with E-state index in [1.165, 1.54) is 5.56 Å². The van der Waals surface area contributed by atoms with E-state index in [9.17, 15) is 0 Å². The molecule has 0 saturated heterocycles. The van der Waals surface area contributed by atoms with E-state index < -0.39 is 0 Å². The maximum absolute atomic E-state index is 5.88. The molecular formula is C18H14N2O. The standard InChI is InChI=1S/C18H14N2O/c1-2-6-13(7-3-1)12-19-18-20-16-11-10-14-8-4-5-9-15(14)17(16)21-18/h1-11H,12H2,(H,19,20). The number of aromatic nitrogens is 1. The summed E-state index contributed by atoms with van der Waals surface area (Å²) in [6, 6.07) is 23.0. The summed E-state index contributed by atoms with van der Waals surface area (Å²) in [7, 11) is 0. The molecule has 102 valence electrons. The second kappa shape index (κ2) is 4.94. The molecule has 1 heterocycles. The highest BCUT2D eigenvalue weighted by Crippen LogP contribution is 2.27. The Balaban J connectivity index is 1.69. The first kappa shape index (κ1) is 12.0. The van der Waals surface area contributed by atoms with Crippen molar-refractivity contribution in [3.63, 3.8) is 0 Å². The molecule has 0 atom stereocenters. The van der Waals surface area contributed by atoms with Gasteiger partial charge in [-0.2, -0.15) is 4.98 Å². The molecule has 0 aliphatic carbocycles. The van der Waals surface area contributed by atoms with Crippen LogP contribution >= 0.6 is 0 Å². The molecule has 0 saturated carbocycles. The summed E-state index contributed by atoms with van der Waals surface area (Å²) in [6.45, 7) is 0.700. The van der Waals surface area contributed by atoms with Crippen molar-refractivity contribution in [1.82, 2.24) is 4.98 Å². The molecule has 3 aromatic carbocycles. The van der Waals surface area contributed by atoms with Crippen molar-refractivity contribution in [2.24, 2.45) is 0 Å². The predicted octanol–water partition coefficient (Wildman–Crippen LogP) is 4.59. The lowest BCUT2D eigenvalue weighted by molar-refractivity contribution is 0.617. The Morgan fingerprint density at radius 3 is 2.57 bits per heavy atom. The first-order chi connectivity index (χ1) is 10.4. The van der Waals surface area contributed by atoms with Crippen molar-refractivity contribution in [3.8, 4) is 0 Å². The summed E-state index contributed by atoms with van der Waals surface area (Å²) in [5.41, 5.74) is 2.91. The molecule has 3 nitrogen and oxygen atoms in total. The average molecular weight is 274 g/mol. The highest BCUT2D eigenvalue weighted by Gasteiger charge is 2.08. The van der Waals surface area contributed by atoms with Gasteiger partial charge in [-0.25, -0.2) is 0 Å². The molecule has 0 amide bonds. The zero-order chi connectivity index (χ0) is 14.1. The molecule has 3 heteroatoms. The van der Waals surface area contributed by atoms with Gasteiger partial charge in [0.25, 0.3) is 6.01 Å². The van der Waals surface area contributed by atoms with Crippen LogP contribution in [0, 0.1) is 0 Å². The quantitative estimate of drug-likeness (QED) is 0.593. The van der Waals surface area contributed by atoms with E-state index in [-0.39, 0.29) is 0 Å². The number of rotatable bonds is 3. The van der Waals surface area contributed by atoms with Crippen molar-refractivity contribution in [1.29, 1.82) is 0 Å². The molecule has 0 aliphatic rings. The van der Waals surface area contributed by atoms with Crippen molar-refractivity contribution >= 4 is 27.9 Å². The monoisotopic (exact) mass is 274 g/mol. The lowest BCUT2D eigenvalue weighted by atomic mass is 10.1. The Morgan fingerprint density at radius 2 is 1.67 bits per heavy atom. The zero-order valence-electron chi connectivity index (χ0n) is 11.4. The van der Waals surface area contributed by atoms with E-state index in [2.05, 4.69) is 40.6 Å². The maximum atomic E-state index is 5.88. The maximum Gasteiger partial charge on any atom is 0.295 e. The van der Waals surface area contributed by atoms with Crippen LogP contribution in [-0.2, 0) is 6.54 Å². The number of nitrogens with zero attached hydrogens (tertiary/aromatic N) is 1. The van der Waals surface area contributed by atoms with Crippen molar-refractivity contribution in [2.75, 3.05) is 5.32 Å². The van der Waals surface area contributed by atoms with Gasteiger partial charge in [0, 0.05) is 11.9 Å². The van der Waals surface area contributed by atoms with Crippen LogP contribution in [0.4, 0.5) is 6.01 Å². The van der Waals surface area contributed by atoms with Crippen LogP contribution in [0.2, 0.25) is 0 Å². The van der Waals surface area contributed by atoms with Crippen LogP contribution < -0.4 is 5.32 Å². The third-order valence-electron chi connectivity index (χ3n) is 3.57. The molecule has 0 fully saturated rings. The Hall–Kier alpha value is -2.81. The summed E-state index contributed by atoms with van der Waals surface area (Å²) in [5, 5.41) is 5.49. The average Bonchev–Trinajstić information content (AvgIpc) is 2.97. The van der Waals surface area contributed by atoms with Crippen LogP contribution in [0.25, 0.3) is 21.9 Å². The van der Waals surface area contributed by atoms with Crippen molar-refractivity contribution in [3.05, 3.63) is 72.3 Å². The fourth-order valence-corrected chi connectivity index (χ4v) is 2.50. The van der Waals surface area contributed by atoms with Gasteiger partial charge in [-0.1, -0.05) is 60.7 Å². The van der Waals surface area contributed by atoms with E-state index in [4.69, 9.17) is 4.42 Å². The molecule has 0 aliphatic heterocycles. The van der Waals surface area contributed by atoms with E-state index in [1.54, 1.807) is 0 Å². The Bertz CT molecular complexity index is 897. The number of hydrogen-bond donors (Lipinski definition) is 1. The number of oxazole rings is 1. The molecule has 4 aromatic rings. The van der Waals surface area contributed by atoms with Crippen molar-refractivity contribution < 1.29 is 4.42 Å². The molecular weight excluding hydrogens is 260 g/mol. The molecule has 0 bridgehead atoms. The molecule has 1 aromatic heterocycles. The van der Waals surface area contributed by atoms with Gasteiger partial charge in [-0.05, 0) is 17.0 Å². The first-order valence-corrected chi connectivity index (χ1v) is 6.96. The number of anilines is 1. The Morgan fingerprint density at radius 1 is 0.857 bits per heavy atom. The van der Waals surface area contributed by atoms with Crippen LogP contribution in [0.15, 0.2) is 71.1 Å². The van der Waals surface area contributed by atoms with Gasteiger partial charge in [-0.15, -0.1) is 0 Å². The minimum atomic E-state index is 0.560. The Kier molecular flexibility index (Phi) is 2.82. The number of benzene rings is 3. The fraction of sp³-hybridized carbons (Fsp3) is 0.0556. The molecule has 1 N–H and O–H groups in total. The van der Waals surface area contributed by atoms with Crippen LogP contribution in [0.3, 0.4) is 0 Å². The number of nitrogens with one attached hydrogen (secondary N) is 1. The molecule has 0 radical (unpaired) electrons. The molecule has 0 unspecified atom stereocenters. The van der Waals surface area contributed by atoms with Crippen molar-refractivity contribution in [2.45, 2.75) is 6.54 Å². The zero-order valence-corrected chi connectivity index (χ0v) is 11.4. The summed E-state index contributed by atoms with van der Waals surface area (Å²) in [6.07, 6.45) is 0. The predicted molar refractivity (Wildman–Crippen MR) is 85.3 cm³/mol. The second-order valence-corrected chi connectivity index (χ2v) is 4.99. The van der Waals surface area contributed by atoms with Gasteiger partial charge in [0.15, 0.2) is 5.58 Å². The topological polar surface area (TPSA) is 38.1 Å². The van der Waals surface area contributed by atoms with Gasteiger partial charge in [0.1, 0.15) is 5.52 Å². The van der Waals surface area contributed by atoms with Crippen LogP contribution in [0.1, 0.15) is 5.56 Å². The third-order valence-corrected chi connectivity index (χ3v) is 3.57. The minimum absolute atomic E-state index is 0.560.